The van der Waals surface area contributed by atoms with Crippen LogP contribution in [0.2, 0.25) is 0 Å². The molecule has 3 nitrogen and oxygen atoms in total. The highest BCUT2D eigenvalue weighted by Crippen LogP contribution is 2.38. The molecule has 2 atom stereocenters. The van der Waals surface area contributed by atoms with Crippen LogP contribution in [0.3, 0.4) is 0 Å². The van der Waals surface area contributed by atoms with Crippen molar-refractivity contribution in [3.05, 3.63) is 0 Å². The highest BCUT2D eigenvalue weighted by Gasteiger charge is 2.35. The van der Waals surface area contributed by atoms with Gasteiger partial charge in [-0.3, -0.25) is 4.79 Å². The maximum Gasteiger partial charge on any atom is 0.220 e. The molecule has 0 aromatic rings. The Morgan fingerprint density at radius 3 is 2.63 bits per heavy atom. The molecular formula is C15H28N2OS. The van der Waals surface area contributed by atoms with Crippen molar-refractivity contribution in [2.24, 2.45) is 11.1 Å². The fourth-order valence-electron chi connectivity index (χ4n) is 3.73. The fourth-order valence-corrected chi connectivity index (χ4v) is 4.66. The second-order valence-electron chi connectivity index (χ2n) is 6.32. The van der Waals surface area contributed by atoms with Crippen molar-refractivity contribution in [3.63, 3.8) is 0 Å². The summed E-state index contributed by atoms with van der Waals surface area (Å²) in [5.74, 6) is 0.235. The number of nitrogens with one attached hydrogen (secondary N) is 1. The van der Waals surface area contributed by atoms with Gasteiger partial charge in [-0.05, 0) is 43.9 Å². The van der Waals surface area contributed by atoms with E-state index >= 15 is 0 Å². The number of nitrogens with two attached hydrogens (primary N) is 1. The monoisotopic (exact) mass is 284 g/mol. The predicted molar refractivity (Wildman–Crippen MR) is 82.3 cm³/mol. The Balaban J connectivity index is 1.85. The van der Waals surface area contributed by atoms with Gasteiger partial charge in [0.05, 0.1) is 0 Å². The Labute approximate surface area is 121 Å². The van der Waals surface area contributed by atoms with E-state index in [1.165, 1.54) is 32.1 Å². The molecule has 0 bridgehead atoms. The minimum atomic E-state index is 0.0930. The summed E-state index contributed by atoms with van der Waals surface area (Å²) in [6, 6.07) is 0.390. The second kappa shape index (κ2) is 6.98. The summed E-state index contributed by atoms with van der Waals surface area (Å²) in [6.45, 7) is 0.664. The van der Waals surface area contributed by atoms with Gasteiger partial charge in [-0.25, -0.2) is 0 Å². The van der Waals surface area contributed by atoms with Crippen LogP contribution in [0.1, 0.15) is 57.8 Å². The smallest absolute Gasteiger partial charge is 0.220 e. The average molecular weight is 284 g/mol. The van der Waals surface area contributed by atoms with Crippen LogP contribution in [0, 0.1) is 5.41 Å². The molecule has 0 aliphatic heterocycles. The highest BCUT2D eigenvalue weighted by molar-refractivity contribution is 7.99. The lowest BCUT2D eigenvalue weighted by Gasteiger charge is -2.36. The van der Waals surface area contributed by atoms with Gasteiger partial charge in [-0.15, -0.1) is 0 Å². The Hall–Kier alpha value is -0.220. The Morgan fingerprint density at radius 2 is 2.00 bits per heavy atom. The Kier molecular flexibility index (Phi) is 5.58. The van der Waals surface area contributed by atoms with Gasteiger partial charge >= 0.3 is 0 Å². The van der Waals surface area contributed by atoms with Crippen LogP contribution in [-0.4, -0.2) is 30.0 Å². The standard InChI is InChI=1S/C15H28N2OS/c1-19-13-7-5-6-12(13)17-14(18)10-15(11-16)8-3-2-4-9-15/h12-13H,2-11,16H2,1H3,(H,17,18). The molecule has 0 aromatic carbocycles. The Morgan fingerprint density at radius 1 is 1.26 bits per heavy atom. The molecule has 0 heterocycles. The summed E-state index contributed by atoms with van der Waals surface area (Å²) >= 11 is 1.89. The van der Waals surface area contributed by atoms with Crippen LogP contribution in [0.5, 0.6) is 0 Å². The fraction of sp³-hybridized carbons (Fsp3) is 0.933. The van der Waals surface area contributed by atoms with Crippen molar-refractivity contribution in [2.75, 3.05) is 12.8 Å². The molecule has 4 heteroatoms. The lowest BCUT2D eigenvalue weighted by molar-refractivity contribution is -0.124. The van der Waals surface area contributed by atoms with Crippen LogP contribution in [0.15, 0.2) is 0 Å². The highest BCUT2D eigenvalue weighted by atomic mass is 32.2. The third-order valence-electron chi connectivity index (χ3n) is 4.98. The van der Waals surface area contributed by atoms with Gasteiger partial charge in [0, 0.05) is 17.7 Å². The van der Waals surface area contributed by atoms with Crippen molar-refractivity contribution >= 4 is 17.7 Å². The molecule has 3 N–H and O–H groups in total. The van der Waals surface area contributed by atoms with Crippen molar-refractivity contribution in [2.45, 2.75) is 69.1 Å². The van der Waals surface area contributed by atoms with Gasteiger partial charge in [-0.2, -0.15) is 11.8 Å². The van der Waals surface area contributed by atoms with Crippen LogP contribution in [-0.2, 0) is 4.79 Å². The molecule has 19 heavy (non-hydrogen) atoms. The molecule has 0 radical (unpaired) electrons. The molecule has 2 saturated carbocycles. The van der Waals surface area contributed by atoms with E-state index in [1.807, 2.05) is 11.8 Å². The molecule has 2 fully saturated rings. The first-order valence-electron chi connectivity index (χ1n) is 7.71. The maximum absolute atomic E-state index is 12.3. The lowest BCUT2D eigenvalue weighted by Crippen LogP contribution is -2.43. The van der Waals surface area contributed by atoms with Crippen molar-refractivity contribution in [1.29, 1.82) is 0 Å². The van der Waals surface area contributed by atoms with Crippen molar-refractivity contribution in [1.82, 2.24) is 5.32 Å². The van der Waals surface area contributed by atoms with Crippen molar-refractivity contribution in [3.8, 4) is 0 Å². The van der Waals surface area contributed by atoms with E-state index in [4.69, 9.17) is 5.73 Å². The third kappa shape index (κ3) is 3.88. The lowest BCUT2D eigenvalue weighted by atomic mass is 9.71. The maximum atomic E-state index is 12.3. The largest absolute Gasteiger partial charge is 0.352 e. The van der Waals surface area contributed by atoms with E-state index in [-0.39, 0.29) is 11.3 Å². The van der Waals surface area contributed by atoms with Gasteiger partial charge in [-0.1, -0.05) is 25.7 Å². The summed E-state index contributed by atoms with van der Waals surface area (Å²) in [4.78, 5) is 12.3. The molecule has 2 aliphatic rings. The SMILES string of the molecule is CSC1CCCC1NC(=O)CC1(CN)CCCCC1. The van der Waals surface area contributed by atoms with Gasteiger partial charge in [0.25, 0.3) is 0 Å². The van der Waals surface area contributed by atoms with Crippen molar-refractivity contribution < 1.29 is 4.79 Å². The average Bonchev–Trinajstić information content (AvgIpc) is 2.86. The Bertz CT molecular complexity index is 303. The normalized spacial score (nSPS) is 30.2. The zero-order valence-electron chi connectivity index (χ0n) is 12.1. The zero-order valence-corrected chi connectivity index (χ0v) is 12.9. The van der Waals surface area contributed by atoms with E-state index in [2.05, 4.69) is 11.6 Å². The molecule has 0 spiro atoms. The minimum absolute atomic E-state index is 0.0930. The van der Waals surface area contributed by atoms with Gasteiger partial charge in [0.15, 0.2) is 0 Å². The molecule has 110 valence electrons. The minimum Gasteiger partial charge on any atom is -0.352 e. The summed E-state index contributed by atoms with van der Waals surface area (Å²) < 4.78 is 0. The van der Waals surface area contributed by atoms with Crippen LogP contribution >= 0.6 is 11.8 Å². The first-order chi connectivity index (χ1) is 9.19. The van der Waals surface area contributed by atoms with Gasteiger partial charge < -0.3 is 11.1 Å². The van der Waals surface area contributed by atoms with E-state index < -0.39 is 0 Å². The molecule has 0 aromatic heterocycles. The first-order valence-corrected chi connectivity index (χ1v) is 9.00. The number of carbonyl (C=O) groups excluding carboxylic acids is 1. The van der Waals surface area contributed by atoms with E-state index in [0.29, 0.717) is 24.3 Å². The molecule has 1 amide bonds. The molecule has 2 rings (SSSR count). The van der Waals surface area contributed by atoms with Gasteiger partial charge in [0.1, 0.15) is 0 Å². The molecule has 2 aliphatic carbocycles. The number of hydrogen-bond donors (Lipinski definition) is 2. The first kappa shape index (κ1) is 15.2. The van der Waals surface area contributed by atoms with E-state index in [9.17, 15) is 4.79 Å². The summed E-state index contributed by atoms with van der Waals surface area (Å²) in [7, 11) is 0. The van der Waals surface area contributed by atoms with Crippen LogP contribution < -0.4 is 11.1 Å². The summed E-state index contributed by atoms with van der Waals surface area (Å²) in [5, 5.41) is 3.89. The topological polar surface area (TPSA) is 55.1 Å². The zero-order chi connectivity index (χ0) is 13.7. The third-order valence-corrected chi connectivity index (χ3v) is 6.15. The second-order valence-corrected chi connectivity index (χ2v) is 7.40. The summed E-state index contributed by atoms with van der Waals surface area (Å²) in [5.41, 5.74) is 6.06. The van der Waals surface area contributed by atoms with E-state index in [0.717, 1.165) is 19.3 Å². The number of carbonyl (C=O) groups is 1. The molecule has 0 saturated heterocycles. The molecular weight excluding hydrogens is 256 g/mol. The quantitative estimate of drug-likeness (QED) is 0.816. The van der Waals surface area contributed by atoms with Crippen LogP contribution in [0.4, 0.5) is 0 Å². The predicted octanol–water partition coefficient (Wildman–Crippen LogP) is 2.69. The van der Waals surface area contributed by atoms with Crippen LogP contribution in [0.25, 0.3) is 0 Å². The summed E-state index contributed by atoms with van der Waals surface area (Å²) in [6.07, 6.45) is 12.5. The molecule has 2 unspecified atom stereocenters. The number of amides is 1. The number of rotatable bonds is 5. The number of thioether (sulfide) groups is 1. The van der Waals surface area contributed by atoms with E-state index in [1.54, 1.807) is 0 Å². The number of hydrogen-bond acceptors (Lipinski definition) is 3. The van der Waals surface area contributed by atoms with Gasteiger partial charge in [0.2, 0.25) is 5.91 Å².